The summed E-state index contributed by atoms with van der Waals surface area (Å²) < 4.78 is 40.2. The second-order valence-corrected chi connectivity index (χ2v) is 5.16. The van der Waals surface area contributed by atoms with Crippen LogP contribution in [-0.2, 0) is 0 Å². The van der Waals surface area contributed by atoms with Crippen molar-refractivity contribution >= 4 is 0 Å². The first-order valence-electron chi connectivity index (χ1n) is 6.81. The zero-order chi connectivity index (χ0) is 14.6. The van der Waals surface area contributed by atoms with E-state index < -0.39 is 6.36 Å². The zero-order valence-electron chi connectivity index (χ0n) is 11.1. The summed E-state index contributed by atoms with van der Waals surface area (Å²) in [6.07, 6.45) is 1.13. The Morgan fingerprint density at radius 1 is 1.10 bits per heavy atom. The van der Waals surface area contributed by atoms with E-state index in [0.717, 1.165) is 18.4 Å². The molecule has 1 aliphatic rings. The van der Waals surface area contributed by atoms with Gasteiger partial charge < -0.3 is 4.74 Å². The minimum absolute atomic E-state index is 0.0183. The highest BCUT2D eigenvalue weighted by Gasteiger charge is 2.31. The molecule has 0 heterocycles. The first-order chi connectivity index (χ1) is 9.49. The number of rotatable bonds is 4. The summed E-state index contributed by atoms with van der Waals surface area (Å²) in [4.78, 5) is 0. The fourth-order valence-electron chi connectivity index (χ4n) is 2.85. The maximum atomic E-state index is 12.1. The van der Waals surface area contributed by atoms with E-state index in [2.05, 4.69) is 10.2 Å². The van der Waals surface area contributed by atoms with Gasteiger partial charge >= 0.3 is 6.36 Å². The number of alkyl halides is 3. The highest BCUT2D eigenvalue weighted by molar-refractivity contribution is 5.29. The lowest BCUT2D eigenvalue weighted by atomic mass is 9.81. The third kappa shape index (κ3) is 4.11. The number of benzene rings is 1. The first-order valence-corrected chi connectivity index (χ1v) is 6.81. The molecule has 0 saturated heterocycles. The van der Waals surface area contributed by atoms with Crippen molar-refractivity contribution in [2.24, 2.45) is 11.8 Å². The smallest absolute Gasteiger partial charge is 0.406 e. The first kappa shape index (κ1) is 15.1. The van der Waals surface area contributed by atoms with Gasteiger partial charge in [0.05, 0.1) is 0 Å². The van der Waals surface area contributed by atoms with Crippen molar-refractivity contribution in [1.82, 2.24) is 5.43 Å². The highest BCUT2D eigenvalue weighted by atomic mass is 19.4. The summed E-state index contributed by atoms with van der Waals surface area (Å²) in [5, 5.41) is 0. The number of hydrogen-bond acceptors (Lipinski definition) is 3. The molecular formula is C14H19F3N2O. The molecule has 112 valence electrons. The van der Waals surface area contributed by atoms with E-state index >= 15 is 0 Å². The van der Waals surface area contributed by atoms with E-state index in [-0.39, 0.29) is 11.8 Å². The van der Waals surface area contributed by atoms with Crippen molar-refractivity contribution in [1.29, 1.82) is 0 Å². The summed E-state index contributed by atoms with van der Waals surface area (Å²) in [6, 6.07) is 5.92. The maximum absolute atomic E-state index is 12.1. The summed E-state index contributed by atoms with van der Waals surface area (Å²) in [6.45, 7) is 0. The molecule has 1 saturated carbocycles. The fourth-order valence-corrected chi connectivity index (χ4v) is 2.85. The summed E-state index contributed by atoms with van der Waals surface area (Å²) >= 11 is 0. The van der Waals surface area contributed by atoms with Gasteiger partial charge in [0.15, 0.2) is 0 Å². The molecule has 1 fully saturated rings. The molecule has 0 aliphatic heterocycles. The molecule has 3 nitrogen and oxygen atoms in total. The predicted molar refractivity (Wildman–Crippen MR) is 69.8 cm³/mol. The summed E-state index contributed by atoms with van der Waals surface area (Å²) in [5.41, 5.74) is 3.69. The van der Waals surface area contributed by atoms with Crippen LogP contribution in [0.4, 0.5) is 13.2 Å². The zero-order valence-corrected chi connectivity index (χ0v) is 11.1. The topological polar surface area (TPSA) is 47.3 Å². The molecule has 0 radical (unpaired) electrons. The Morgan fingerprint density at radius 3 is 2.20 bits per heavy atom. The molecule has 0 bridgehead atoms. The molecule has 1 atom stereocenters. The van der Waals surface area contributed by atoms with Gasteiger partial charge in [0.1, 0.15) is 5.75 Å². The second-order valence-electron chi connectivity index (χ2n) is 5.16. The molecule has 6 heteroatoms. The van der Waals surface area contributed by atoms with E-state index in [9.17, 15) is 13.2 Å². The lowest BCUT2D eigenvalue weighted by Crippen LogP contribution is -2.34. The molecular weight excluding hydrogens is 269 g/mol. The van der Waals surface area contributed by atoms with Gasteiger partial charge in [-0.1, -0.05) is 31.4 Å². The number of hydrogen-bond donors (Lipinski definition) is 2. The van der Waals surface area contributed by atoms with E-state index in [1.165, 1.54) is 31.4 Å². The number of ether oxygens (including phenoxy) is 1. The summed E-state index contributed by atoms with van der Waals surface area (Å²) in [7, 11) is 0. The monoisotopic (exact) mass is 288 g/mol. The average molecular weight is 288 g/mol. The van der Waals surface area contributed by atoms with Crippen LogP contribution in [0.2, 0.25) is 0 Å². The Kier molecular flexibility index (Phi) is 4.88. The van der Waals surface area contributed by atoms with Gasteiger partial charge in [0.25, 0.3) is 0 Å². The van der Waals surface area contributed by atoms with Crippen LogP contribution in [-0.4, -0.2) is 6.36 Å². The van der Waals surface area contributed by atoms with Crippen LogP contribution in [0.15, 0.2) is 24.3 Å². The van der Waals surface area contributed by atoms with Gasteiger partial charge in [0, 0.05) is 6.04 Å². The number of hydrazine groups is 1. The van der Waals surface area contributed by atoms with E-state index in [1.54, 1.807) is 12.1 Å². The highest BCUT2D eigenvalue weighted by Crippen LogP contribution is 2.34. The molecule has 1 aromatic carbocycles. The Morgan fingerprint density at radius 2 is 1.70 bits per heavy atom. The van der Waals surface area contributed by atoms with Crippen LogP contribution in [0.3, 0.4) is 0 Å². The molecule has 2 rings (SSSR count). The predicted octanol–water partition coefficient (Wildman–Crippen LogP) is 3.67. The van der Waals surface area contributed by atoms with Gasteiger partial charge in [-0.15, -0.1) is 13.2 Å². The van der Waals surface area contributed by atoms with Crippen LogP contribution in [0.25, 0.3) is 0 Å². The Hall–Kier alpha value is -1.27. The van der Waals surface area contributed by atoms with Crippen molar-refractivity contribution in [2.45, 2.75) is 44.5 Å². The van der Waals surface area contributed by atoms with Crippen molar-refractivity contribution in [3.63, 3.8) is 0 Å². The van der Waals surface area contributed by atoms with Gasteiger partial charge in [-0.3, -0.25) is 11.3 Å². The minimum atomic E-state index is -4.66. The number of halogens is 3. The molecule has 1 aliphatic carbocycles. The Labute approximate surface area is 116 Å². The largest absolute Gasteiger partial charge is 0.573 e. The number of nitrogens with one attached hydrogen (secondary N) is 1. The van der Waals surface area contributed by atoms with E-state index in [1.807, 2.05) is 0 Å². The molecule has 0 aromatic heterocycles. The summed E-state index contributed by atoms with van der Waals surface area (Å²) in [5.74, 6) is 5.84. The lowest BCUT2D eigenvalue weighted by molar-refractivity contribution is -0.274. The van der Waals surface area contributed by atoms with Gasteiger partial charge in [-0.05, 0) is 36.5 Å². The standard InChI is InChI=1S/C14H19F3N2O/c15-14(16,17)20-12-8-6-11(7-9-12)13(19-18)10-4-2-1-3-5-10/h6-10,13,19H,1-5,18H2. The van der Waals surface area contributed by atoms with Gasteiger partial charge in [0.2, 0.25) is 0 Å². The number of nitrogens with two attached hydrogens (primary N) is 1. The molecule has 20 heavy (non-hydrogen) atoms. The quantitative estimate of drug-likeness (QED) is 0.656. The normalized spacial score (nSPS) is 18.8. The van der Waals surface area contributed by atoms with Crippen LogP contribution < -0.4 is 16.0 Å². The van der Waals surface area contributed by atoms with Crippen LogP contribution >= 0.6 is 0 Å². The maximum Gasteiger partial charge on any atom is 0.573 e. The van der Waals surface area contributed by atoms with E-state index in [0.29, 0.717) is 5.92 Å². The fraction of sp³-hybridized carbons (Fsp3) is 0.571. The van der Waals surface area contributed by atoms with Gasteiger partial charge in [-0.25, -0.2) is 0 Å². The SMILES string of the molecule is NNC(c1ccc(OC(F)(F)F)cc1)C1CCCCC1. The lowest BCUT2D eigenvalue weighted by Gasteiger charge is -2.30. The molecule has 1 aromatic rings. The molecule has 0 amide bonds. The van der Waals surface area contributed by atoms with Crippen LogP contribution in [0.5, 0.6) is 5.75 Å². The van der Waals surface area contributed by atoms with Crippen LogP contribution in [0.1, 0.15) is 43.7 Å². The second kappa shape index (κ2) is 6.45. The molecule has 0 spiro atoms. The van der Waals surface area contributed by atoms with Crippen LogP contribution in [0, 0.1) is 5.92 Å². The molecule has 3 N–H and O–H groups in total. The minimum Gasteiger partial charge on any atom is -0.406 e. The van der Waals surface area contributed by atoms with Crippen molar-refractivity contribution < 1.29 is 17.9 Å². The Bertz CT molecular complexity index is 413. The van der Waals surface area contributed by atoms with Crippen molar-refractivity contribution in [2.75, 3.05) is 0 Å². The van der Waals surface area contributed by atoms with E-state index in [4.69, 9.17) is 5.84 Å². The van der Waals surface area contributed by atoms with Gasteiger partial charge in [-0.2, -0.15) is 0 Å². The third-order valence-electron chi connectivity index (χ3n) is 3.77. The molecule has 1 unspecified atom stereocenters. The van der Waals surface area contributed by atoms with Crippen molar-refractivity contribution in [3.05, 3.63) is 29.8 Å². The Balaban J connectivity index is 2.06. The third-order valence-corrected chi connectivity index (χ3v) is 3.77. The average Bonchev–Trinajstić information content (AvgIpc) is 2.41. The van der Waals surface area contributed by atoms with Crippen molar-refractivity contribution in [3.8, 4) is 5.75 Å².